The molecule has 6 heteroatoms. The summed E-state index contributed by atoms with van der Waals surface area (Å²) in [7, 11) is 0. The van der Waals surface area contributed by atoms with E-state index in [1.54, 1.807) is 6.20 Å². The number of pyridine rings is 1. The minimum Gasteiger partial charge on any atom is -0.489 e. The van der Waals surface area contributed by atoms with Gasteiger partial charge in [-0.2, -0.15) is 0 Å². The first-order valence-corrected chi connectivity index (χ1v) is 8.42. The zero-order valence-electron chi connectivity index (χ0n) is 13.5. The number of ether oxygens (including phenoxy) is 1. The first-order valence-electron chi connectivity index (χ1n) is 8.42. The third kappa shape index (κ3) is 4.20. The Bertz CT molecular complexity index is 544. The van der Waals surface area contributed by atoms with Gasteiger partial charge < -0.3 is 20.5 Å². The zero-order chi connectivity index (χ0) is 16.2. The Hall–Kier alpha value is -1.66. The second-order valence-corrected chi connectivity index (χ2v) is 6.54. The van der Waals surface area contributed by atoms with Crippen molar-refractivity contribution in [3.8, 4) is 5.75 Å². The normalized spacial score (nSPS) is 30.9. The highest BCUT2D eigenvalue weighted by molar-refractivity contribution is 5.82. The molecule has 3 rings (SSSR count). The third-order valence-corrected chi connectivity index (χ3v) is 4.70. The topological polar surface area (TPSA) is 83.5 Å². The van der Waals surface area contributed by atoms with Gasteiger partial charge in [-0.15, -0.1) is 0 Å². The fraction of sp³-hybridized carbons (Fsp3) is 0.647. The van der Waals surface area contributed by atoms with Crippen LogP contribution in [0.3, 0.4) is 0 Å². The Labute approximate surface area is 136 Å². The molecule has 0 aromatic carbocycles. The second kappa shape index (κ2) is 7.27. The van der Waals surface area contributed by atoms with Gasteiger partial charge in [0.05, 0.1) is 23.9 Å². The third-order valence-electron chi connectivity index (χ3n) is 4.70. The molecule has 2 aliphatic rings. The van der Waals surface area contributed by atoms with E-state index in [0.717, 1.165) is 37.1 Å². The maximum absolute atomic E-state index is 12.2. The number of β-amino-alcohol motifs (C(OH)–C–C–N with tert-alkyl or cyclic N) is 1. The molecule has 1 saturated carbocycles. The number of carbonyl (C=O) groups is 1. The van der Waals surface area contributed by atoms with Crippen LogP contribution in [0.15, 0.2) is 18.3 Å². The van der Waals surface area contributed by atoms with Gasteiger partial charge in [-0.05, 0) is 51.2 Å². The smallest absolute Gasteiger partial charge is 0.237 e. The molecule has 126 valence electrons. The lowest BCUT2D eigenvalue weighted by Gasteiger charge is -2.30. The fourth-order valence-electron chi connectivity index (χ4n) is 3.32. The molecular formula is C17H25N3O3. The van der Waals surface area contributed by atoms with Crippen molar-refractivity contribution in [2.75, 3.05) is 6.54 Å². The summed E-state index contributed by atoms with van der Waals surface area (Å²) in [6, 6.07) is 3.79. The lowest BCUT2D eigenvalue weighted by atomic mass is 9.92. The quantitative estimate of drug-likeness (QED) is 0.768. The molecule has 1 aromatic rings. The molecule has 1 amide bonds. The van der Waals surface area contributed by atoms with Crippen molar-refractivity contribution in [1.82, 2.24) is 15.6 Å². The SMILES string of the molecule is Cc1ncccc1OC1CCC(NC(=O)[C@H]2C[C@@H](O)CN2)CC1. The van der Waals surface area contributed by atoms with Gasteiger partial charge in [0.25, 0.3) is 0 Å². The molecule has 0 bridgehead atoms. The minimum absolute atomic E-state index is 0.00835. The second-order valence-electron chi connectivity index (χ2n) is 6.54. The van der Waals surface area contributed by atoms with Gasteiger partial charge in [0.15, 0.2) is 0 Å². The average molecular weight is 319 g/mol. The predicted octanol–water partition coefficient (Wildman–Crippen LogP) is 0.919. The molecule has 2 heterocycles. The molecule has 1 aliphatic carbocycles. The number of aliphatic hydroxyl groups is 1. The molecule has 0 spiro atoms. The Morgan fingerprint density at radius 3 is 2.83 bits per heavy atom. The van der Waals surface area contributed by atoms with Crippen LogP contribution in [0.2, 0.25) is 0 Å². The molecule has 3 N–H and O–H groups in total. The fourth-order valence-corrected chi connectivity index (χ4v) is 3.32. The van der Waals surface area contributed by atoms with E-state index in [9.17, 15) is 9.90 Å². The number of hydrogen-bond acceptors (Lipinski definition) is 5. The lowest BCUT2D eigenvalue weighted by molar-refractivity contribution is -0.124. The molecule has 1 aromatic heterocycles. The summed E-state index contributed by atoms with van der Waals surface area (Å²) in [4.78, 5) is 16.4. The van der Waals surface area contributed by atoms with Gasteiger partial charge in [-0.1, -0.05) is 0 Å². The lowest BCUT2D eigenvalue weighted by Crippen LogP contribution is -2.47. The Morgan fingerprint density at radius 1 is 1.39 bits per heavy atom. The van der Waals surface area contributed by atoms with E-state index >= 15 is 0 Å². The number of aliphatic hydroxyl groups excluding tert-OH is 1. The standard InChI is InChI=1S/C17H25N3O3/c1-11-16(3-2-8-18-11)23-14-6-4-12(5-7-14)20-17(22)15-9-13(21)10-19-15/h2-3,8,12-15,19,21H,4-7,9-10H2,1H3,(H,20,22)/t12?,13-,14?,15-/m1/s1. The van der Waals surface area contributed by atoms with Crippen LogP contribution >= 0.6 is 0 Å². The van der Waals surface area contributed by atoms with Gasteiger partial charge in [0.1, 0.15) is 5.75 Å². The van der Waals surface area contributed by atoms with Crippen molar-refractivity contribution in [3.05, 3.63) is 24.0 Å². The van der Waals surface area contributed by atoms with E-state index in [-0.39, 0.29) is 24.1 Å². The van der Waals surface area contributed by atoms with Crippen LogP contribution in [-0.2, 0) is 4.79 Å². The number of amides is 1. The van der Waals surface area contributed by atoms with Crippen molar-refractivity contribution in [3.63, 3.8) is 0 Å². The highest BCUT2D eigenvalue weighted by Crippen LogP contribution is 2.25. The first kappa shape index (κ1) is 16.2. The molecule has 0 radical (unpaired) electrons. The summed E-state index contributed by atoms with van der Waals surface area (Å²) in [5.74, 6) is 0.859. The van der Waals surface area contributed by atoms with Crippen LogP contribution in [0.4, 0.5) is 0 Å². The first-order chi connectivity index (χ1) is 11.1. The van der Waals surface area contributed by atoms with E-state index in [2.05, 4.69) is 15.6 Å². The minimum atomic E-state index is -0.405. The van der Waals surface area contributed by atoms with Crippen LogP contribution < -0.4 is 15.4 Å². The number of aromatic nitrogens is 1. The van der Waals surface area contributed by atoms with Crippen LogP contribution in [0.1, 0.15) is 37.8 Å². The molecule has 1 saturated heterocycles. The van der Waals surface area contributed by atoms with E-state index in [4.69, 9.17) is 4.74 Å². The highest BCUT2D eigenvalue weighted by Gasteiger charge is 2.30. The molecule has 2 fully saturated rings. The van der Waals surface area contributed by atoms with Crippen LogP contribution in [0.25, 0.3) is 0 Å². The van der Waals surface area contributed by atoms with Gasteiger partial charge in [0, 0.05) is 18.8 Å². The van der Waals surface area contributed by atoms with Crippen molar-refractivity contribution >= 4 is 5.91 Å². The van der Waals surface area contributed by atoms with E-state index in [0.29, 0.717) is 13.0 Å². The van der Waals surface area contributed by atoms with Gasteiger partial charge in [-0.3, -0.25) is 9.78 Å². The number of rotatable bonds is 4. The van der Waals surface area contributed by atoms with E-state index < -0.39 is 6.10 Å². The van der Waals surface area contributed by atoms with Crippen molar-refractivity contribution < 1.29 is 14.6 Å². The Morgan fingerprint density at radius 2 is 2.17 bits per heavy atom. The monoisotopic (exact) mass is 319 g/mol. The maximum atomic E-state index is 12.2. The molecule has 0 unspecified atom stereocenters. The number of aryl methyl sites for hydroxylation is 1. The van der Waals surface area contributed by atoms with E-state index in [1.165, 1.54) is 0 Å². The molecule has 2 atom stereocenters. The van der Waals surface area contributed by atoms with Crippen molar-refractivity contribution in [2.45, 2.75) is 63.3 Å². The number of hydrogen-bond donors (Lipinski definition) is 3. The summed E-state index contributed by atoms with van der Waals surface area (Å²) < 4.78 is 6.03. The van der Waals surface area contributed by atoms with Crippen LogP contribution in [-0.4, -0.2) is 46.8 Å². The maximum Gasteiger partial charge on any atom is 0.237 e. The summed E-state index contributed by atoms with van der Waals surface area (Å²) in [6.45, 7) is 2.45. The predicted molar refractivity (Wildman–Crippen MR) is 86.2 cm³/mol. The van der Waals surface area contributed by atoms with Gasteiger partial charge >= 0.3 is 0 Å². The van der Waals surface area contributed by atoms with Crippen molar-refractivity contribution in [2.24, 2.45) is 0 Å². The molecule has 23 heavy (non-hydrogen) atoms. The Kier molecular flexibility index (Phi) is 5.13. The van der Waals surface area contributed by atoms with E-state index in [1.807, 2.05) is 19.1 Å². The largest absolute Gasteiger partial charge is 0.489 e. The van der Waals surface area contributed by atoms with Crippen molar-refractivity contribution in [1.29, 1.82) is 0 Å². The summed E-state index contributed by atoms with van der Waals surface area (Å²) in [5, 5.41) is 15.6. The summed E-state index contributed by atoms with van der Waals surface area (Å²) in [6.07, 6.45) is 5.76. The van der Waals surface area contributed by atoms with Crippen LogP contribution in [0.5, 0.6) is 5.75 Å². The summed E-state index contributed by atoms with van der Waals surface area (Å²) in [5.41, 5.74) is 0.911. The molecule has 6 nitrogen and oxygen atoms in total. The van der Waals surface area contributed by atoms with Gasteiger partial charge in [0.2, 0.25) is 5.91 Å². The summed E-state index contributed by atoms with van der Waals surface area (Å²) >= 11 is 0. The van der Waals surface area contributed by atoms with Crippen LogP contribution in [0, 0.1) is 6.92 Å². The number of nitrogens with one attached hydrogen (secondary N) is 2. The Balaban J connectivity index is 1.43. The number of nitrogens with zero attached hydrogens (tertiary/aromatic N) is 1. The zero-order valence-corrected chi connectivity index (χ0v) is 13.5. The average Bonchev–Trinajstić information content (AvgIpc) is 2.98. The highest BCUT2D eigenvalue weighted by atomic mass is 16.5. The molecular weight excluding hydrogens is 294 g/mol. The molecule has 1 aliphatic heterocycles. The van der Waals surface area contributed by atoms with Gasteiger partial charge in [-0.25, -0.2) is 0 Å². The number of carbonyl (C=O) groups excluding carboxylic acids is 1.